The molecule has 1 aliphatic heterocycles. The number of hydrogen-bond acceptors (Lipinski definition) is 6. The number of fused-ring (bicyclic) bond motifs is 3. The van der Waals surface area contributed by atoms with Gasteiger partial charge in [0.05, 0.1) is 11.4 Å². The Morgan fingerprint density at radius 3 is 2.72 bits per heavy atom. The van der Waals surface area contributed by atoms with Crippen molar-refractivity contribution in [3.63, 3.8) is 0 Å². The van der Waals surface area contributed by atoms with E-state index in [9.17, 15) is 4.79 Å². The average molecular weight is 410 g/mol. The van der Waals surface area contributed by atoms with Gasteiger partial charge in [0.1, 0.15) is 0 Å². The average Bonchev–Trinajstić information content (AvgIpc) is 3.08. The van der Waals surface area contributed by atoms with E-state index in [1.54, 1.807) is 4.90 Å². The SMILES string of the molecule is CCCC(=O)N1c2ccccc2-c2nnc(SCC)nc2OC1c1cccn1C. The van der Waals surface area contributed by atoms with Crippen LogP contribution in [0.3, 0.4) is 0 Å². The molecule has 29 heavy (non-hydrogen) atoms. The molecule has 1 amide bonds. The lowest BCUT2D eigenvalue weighted by Crippen LogP contribution is -2.38. The third-order valence-electron chi connectivity index (χ3n) is 4.75. The zero-order chi connectivity index (χ0) is 20.4. The number of aryl methyl sites for hydroxylation is 1. The smallest absolute Gasteiger partial charge is 0.247 e. The molecule has 1 atom stereocenters. The van der Waals surface area contributed by atoms with Crippen molar-refractivity contribution < 1.29 is 9.53 Å². The summed E-state index contributed by atoms with van der Waals surface area (Å²) in [4.78, 5) is 19.6. The Kier molecular flexibility index (Phi) is 5.53. The van der Waals surface area contributed by atoms with Gasteiger partial charge in [0.25, 0.3) is 0 Å². The second kappa shape index (κ2) is 8.24. The highest BCUT2D eigenvalue weighted by Gasteiger charge is 2.36. The van der Waals surface area contributed by atoms with Gasteiger partial charge in [-0.15, -0.1) is 10.2 Å². The molecular weight excluding hydrogens is 386 g/mol. The first kappa shape index (κ1) is 19.4. The molecule has 1 unspecified atom stereocenters. The summed E-state index contributed by atoms with van der Waals surface area (Å²) >= 11 is 1.50. The number of aromatic nitrogens is 4. The van der Waals surface area contributed by atoms with Gasteiger partial charge in [-0.2, -0.15) is 4.98 Å². The fraction of sp³-hybridized carbons (Fsp3) is 0.333. The van der Waals surface area contributed by atoms with Gasteiger partial charge >= 0.3 is 0 Å². The van der Waals surface area contributed by atoms with E-state index in [-0.39, 0.29) is 5.91 Å². The Hall–Kier alpha value is -2.87. The molecule has 4 rings (SSSR count). The molecule has 3 heterocycles. The summed E-state index contributed by atoms with van der Waals surface area (Å²) in [5.41, 5.74) is 2.95. The van der Waals surface area contributed by atoms with E-state index in [1.807, 2.05) is 68.1 Å². The summed E-state index contributed by atoms with van der Waals surface area (Å²) in [6.07, 6.45) is 2.47. The summed E-state index contributed by atoms with van der Waals surface area (Å²) in [6, 6.07) is 11.6. The lowest BCUT2D eigenvalue weighted by Gasteiger charge is -2.31. The maximum absolute atomic E-state index is 13.2. The van der Waals surface area contributed by atoms with Crippen molar-refractivity contribution in [2.45, 2.75) is 38.1 Å². The van der Waals surface area contributed by atoms with Gasteiger partial charge in [0.2, 0.25) is 23.2 Å². The fourth-order valence-corrected chi connectivity index (χ4v) is 3.94. The first-order valence-corrected chi connectivity index (χ1v) is 10.7. The highest BCUT2D eigenvalue weighted by Crippen LogP contribution is 2.43. The van der Waals surface area contributed by atoms with Crippen LogP contribution < -0.4 is 9.64 Å². The molecule has 0 N–H and O–H groups in total. The highest BCUT2D eigenvalue weighted by molar-refractivity contribution is 7.99. The molecule has 7 nitrogen and oxygen atoms in total. The second-order valence-electron chi connectivity index (χ2n) is 6.73. The van der Waals surface area contributed by atoms with Crippen LogP contribution in [0.1, 0.15) is 38.6 Å². The van der Waals surface area contributed by atoms with Crippen molar-refractivity contribution in [1.29, 1.82) is 0 Å². The van der Waals surface area contributed by atoms with E-state index < -0.39 is 6.23 Å². The lowest BCUT2D eigenvalue weighted by molar-refractivity contribution is -0.120. The first-order chi connectivity index (χ1) is 14.1. The minimum absolute atomic E-state index is 0.00456. The van der Waals surface area contributed by atoms with Crippen LogP contribution in [0.25, 0.3) is 11.3 Å². The van der Waals surface area contributed by atoms with Crippen LogP contribution in [-0.4, -0.2) is 31.4 Å². The molecule has 0 fully saturated rings. The van der Waals surface area contributed by atoms with Gasteiger partial charge in [-0.3, -0.25) is 9.69 Å². The number of benzene rings is 1. The number of nitrogens with zero attached hydrogens (tertiary/aromatic N) is 5. The number of ether oxygens (including phenoxy) is 1. The van der Waals surface area contributed by atoms with Crippen LogP contribution in [0, 0.1) is 0 Å². The van der Waals surface area contributed by atoms with Gasteiger partial charge < -0.3 is 9.30 Å². The molecule has 1 aliphatic rings. The van der Waals surface area contributed by atoms with Crippen molar-refractivity contribution in [2.24, 2.45) is 7.05 Å². The number of carbonyl (C=O) groups is 1. The molecule has 1 aromatic carbocycles. The van der Waals surface area contributed by atoms with Gasteiger partial charge in [-0.25, -0.2) is 0 Å². The topological polar surface area (TPSA) is 73.1 Å². The zero-order valence-corrected chi connectivity index (χ0v) is 17.5. The predicted octanol–water partition coefficient (Wildman–Crippen LogP) is 4.21. The third-order valence-corrected chi connectivity index (χ3v) is 5.47. The van der Waals surface area contributed by atoms with Crippen LogP contribution in [0.4, 0.5) is 5.69 Å². The van der Waals surface area contributed by atoms with Crippen LogP contribution in [0.15, 0.2) is 47.8 Å². The Morgan fingerprint density at radius 2 is 2.00 bits per heavy atom. The number of rotatable bonds is 5. The number of amides is 1. The summed E-state index contributed by atoms with van der Waals surface area (Å²) in [6.45, 7) is 4.03. The van der Waals surface area contributed by atoms with Gasteiger partial charge in [-0.05, 0) is 30.4 Å². The molecule has 0 radical (unpaired) electrons. The quantitative estimate of drug-likeness (QED) is 0.588. The van der Waals surface area contributed by atoms with E-state index in [4.69, 9.17) is 4.74 Å². The van der Waals surface area contributed by atoms with E-state index in [1.165, 1.54) is 11.8 Å². The number of thioether (sulfide) groups is 1. The van der Waals surface area contributed by atoms with E-state index >= 15 is 0 Å². The molecule has 0 saturated heterocycles. The molecule has 0 aliphatic carbocycles. The Morgan fingerprint density at radius 1 is 1.17 bits per heavy atom. The van der Waals surface area contributed by atoms with E-state index in [0.29, 0.717) is 23.2 Å². The summed E-state index contributed by atoms with van der Waals surface area (Å²) < 4.78 is 8.35. The van der Waals surface area contributed by atoms with Crippen molar-refractivity contribution >= 4 is 23.4 Å². The molecule has 150 valence electrons. The maximum atomic E-state index is 13.2. The number of anilines is 1. The molecule has 3 aromatic rings. The summed E-state index contributed by atoms with van der Waals surface area (Å²) in [5, 5.41) is 9.22. The van der Waals surface area contributed by atoms with E-state index in [2.05, 4.69) is 15.2 Å². The van der Waals surface area contributed by atoms with Crippen LogP contribution in [0.5, 0.6) is 5.88 Å². The Balaban J connectivity index is 1.94. The lowest BCUT2D eigenvalue weighted by atomic mass is 10.1. The normalized spacial score (nSPS) is 15.3. The standard InChI is InChI=1S/C21H23N5O2S/c1-4-9-17(27)26-15-11-7-6-10-14(15)18-19(22-21(24-23-18)29-5-2)28-20(26)16-12-8-13-25(16)3/h6-8,10-13,20H,4-5,9H2,1-3H3. The molecule has 0 spiro atoms. The van der Waals surface area contributed by atoms with Gasteiger partial charge in [0.15, 0.2) is 5.69 Å². The summed E-state index contributed by atoms with van der Waals surface area (Å²) in [5.74, 6) is 1.22. The monoisotopic (exact) mass is 409 g/mol. The maximum Gasteiger partial charge on any atom is 0.247 e. The molecule has 0 saturated carbocycles. The highest BCUT2D eigenvalue weighted by atomic mass is 32.2. The Bertz CT molecular complexity index is 1040. The van der Waals surface area contributed by atoms with Crippen LogP contribution >= 0.6 is 11.8 Å². The first-order valence-electron chi connectivity index (χ1n) is 9.70. The Labute approximate surface area is 174 Å². The van der Waals surface area contributed by atoms with Crippen molar-refractivity contribution in [3.05, 3.63) is 48.3 Å². The van der Waals surface area contributed by atoms with Crippen molar-refractivity contribution in [2.75, 3.05) is 10.7 Å². The number of carbonyl (C=O) groups excluding carboxylic acids is 1. The molecule has 8 heteroatoms. The van der Waals surface area contributed by atoms with Crippen molar-refractivity contribution in [1.82, 2.24) is 19.7 Å². The number of para-hydroxylation sites is 1. The van der Waals surface area contributed by atoms with Crippen molar-refractivity contribution in [3.8, 4) is 17.1 Å². The van der Waals surface area contributed by atoms with Crippen LogP contribution in [0.2, 0.25) is 0 Å². The van der Waals surface area contributed by atoms with Crippen LogP contribution in [-0.2, 0) is 11.8 Å². The fourth-order valence-electron chi connectivity index (χ4n) is 3.43. The second-order valence-corrected chi connectivity index (χ2v) is 7.96. The predicted molar refractivity (Wildman–Crippen MR) is 113 cm³/mol. The largest absolute Gasteiger partial charge is 0.445 e. The summed E-state index contributed by atoms with van der Waals surface area (Å²) in [7, 11) is 1.94. The zero-order valence-electron chi connectivity index (χ0n) is 16.7. The molecule has 2 aromatic heterocycles. The van der Waals surface area contributed by atoms with Gasteiger partial charge in [0, 0.05) is 25.2 Å². The van der Waals surface area contributed by atoms with E-state index in [0.717, 1.165) is 29.1 Å². The minimum Gasteiger partial charge on any atom is -0.445 e. The third kappa shape index (κ3) is 3.60. The number of hydrogen-bond donors (Lipinski definition) is 0. The minimum atomic E-state index is -0.646. The van der Waals surface area contributed by atoms with Gasteiger partial charge in [-0.1, -0.05) is 43.8 Å². The molecular formula is C21H23N5O2S. The molecule has 0 bridgehead atoms.